The highest BCUT2D eigenvalue weighted by atomic mass is 31.2. The Kier molecular flexibility index (Phi) is 5.83. The van der Waals surface area contributed by atoms with Crippen molar-refractivity contribution in [2.75, 3.05) is 20.4 Å². The van der Waals surface area contributed by atoms with Crippen molar-refractivity contribution in [3.8, 4) is 5.75 Å². The van der Waals surface area contributed by atoms with Crippen LogP contribution >= 0.6 is 7.37 Å². The zero-order valence-corrected chi connectivity index (χ0v) is 14.7. The molecule has 1 amide bonds. The van der Waals surface area contributed by atoms with E-state index >= 15 is 0 Å². The average Bonchev–Trinajstić information content (AvgIpc) is 2.58. The van der Waals surface area contributed by atoms with Crippen molar-refractivity contribution in [3.63, 3.8) is 0 Å². The van der Waals surface area contributed by atoms with E-state index in [-0.39, 0.29) is 11.7 Å². The van der Waals surface area contributed by atoms with Crippen LogP contribution in [0.3, 0.4) is 0 Å². The van der Waals surface area contributed by atoms with E-state index in [1.807, 2.05) is 18.2 Å². The molecule has 24 heavy (non-hydrogen) atoms. The van der Waals surface area contributed by atoms with Gasteiger partial charge in [-0.15, -0.1) is 0 Å². The number of nitrogens with one attached hydrogen (secondary N) is 1. The Balaban J connectivity index is 2.32. The number of hydrogen-bond acceptors (Lipinski definition) is 4. The van der Waals surface area contributed by atoms with Gasteiger partial charge in [-0.25, -0.2) is 0 Å². The number of benzene rings is 2. The van der Waals surface area contributed by atoms with Gasteiger partial charge in [-0.1, -0.05) is 30.3 Å². The zero-order valence-electron chi connectivity index (χ0n) is 13.9. The summed E-state index contributed by atoms with van der Waals surface area (Å²) in [6.45, 7) is 3.02. The van der Waals surface area contributed by atoms with Crippen LogP contribution in [0.4, 0.5) is 0 Å². The van der Waals surface area contributed by atoms with E-state index < -0.39 is 7.37 Å². The van der Waals surface area contributed by atoms with Gasteiger partial charge in [0.1, 0.15) is 5.75 Å². The third-order valence-corrected chi connectivity index (χ3v) is 3.70. The molecule has 0 saturated heterocycles. The van der Waals surface area contributed by atoms with E-state index in [1.165, 1.54) is 26.6 Å². The molecule has 0 atom stereocenters. The molecular formula is C18H20NO4P. The number of para-hydroxylation sites is 1. The Morgan fingerprint density at radius 3 is 2.29 bits per heavy atom. The first-order valence-electron chi connectivity index (χ1n) is 7.35. The first-order chi connectivity index (χ1) is 11.4. The van der Waals surface area contributed by atoms with Crippen LogP contribution in [0, 0.1) is 0 Å². The van der Waals surface area contributed by atoms with Crippen LogP contribution < -0.4 is 10.1 Å². The summed E-state index contributed by atoms with van der Waals surface area (Å²) in [4.78, 5) is 12.2. The summed E-state index contributed by atoms with van der Waals surface area (Å²) in [5, 5.41) is 2.67. The van der Waals surface area contributed by atoms with E-state index in [1.54, 1.807) is 36.4 Å². The molecule has 1 N–H and O–H groups in total. The second-order valence-electron chi connectivity index (χ2n) is 5.39. The molecular weight excluding hydrogens is 325 g/mol. The van der Waals surface area contributed by atoms with Gasteiger partial charge in [0.2, 0.25) is 7.37 Å². The minimum absolute atomic E-state index is 0.282. The molecule has 0 saturated carbocycles. The van der Waals surface area contributed by atoms with Crippen LogP contribution in [0.1, 0.15) is 15.9 Å². The summed E-state index contributed by atoms with van der Waals surface area (Å²) in [6, 6.07) is 16.0. The van der Waals surface area contributed by atoms with Gasteiger partial charge in [0.05, 0.1) is 12.7 Å². The standard InChI is InChI=1S/C18H20NO4P/c1-22-16-12-8-7-11-15(16)17(23-24(2,3)21)13-19-18(20)14-9-5-4-6-10-14/h4-13H,1-3H3,(H,19,20). The molecule has 0 aliphatic carbocycles. The van der Waals surface area contributed by atoms with Crippen LogP contribution in [-0.4, -0.2) is 26.3 Å². The zero-order chi connectivity index (χ0) is 17.6. The fourth-order valence-corrected chi connectivity index (χ4v) is 2.67. The summed E-state index contributed by atoms with van der Waals surface area (Å²) < 4.78 is 23.0. The molecule has 0 unspecified atom stereocenters. The highest BCUT2D eigenvalue weighted by molar-refractivity contribution is 7.57. The number of hydrogen-bond donors (Lipinski definition) is 1. The van der Waals surface area contributed by atoms with Crippen molar-refractivity contribution < 1.29 is 18.6 Å². The summed E-state index contributed by atoms with van der Waals surface area (Å²) >= 11 is 0. The number of methoxy groups -OCH3 is 1. The summed E-state index contributed by atoms with van der Waals surface area (Å²) in [6.07, 6.45) is 1.41. The molecule has 0 aromatic heterocycles. The molecule has 0 aliphatic heterocycles. The monoisotopic (exact) mass is 345 g/mol. The van der Waals surface area contributed by atoms with Crippen LogP contribution in [0.2, 0.25) is 0 Å². The molecule has 6 heteroatoms. The van der Waals surface area contributed by atoms with Gasteiger partial charge in [0.15, 0.2) is 5.76 Å². The van der Waals surface area contributed by atoms with Crippen molar-refractivity contribution in [3.05, 3.63) is 71.9 Å². The van der Waals surface area contributed by atoms with Gasteiger partial charge in [0, 0.05) is 25.1 Å². The molecule has 0 bridgehead atoms. The average molecular weight is 345 g/mol. The van der Waals surface area contributed by atoms with Gasteiger partial charge < -0.3 is 14.6 Å². The Hall–Kier alpha value is -2.52. The SMILES string of the molecule is COc1ccccc1C(=CNC(=O)c1ccccc1)OP(C)(C)=O. The fraction of sp³-hybridized carbons (Fsp3) is 0.167. The van der Waals surface area contributed by atoms with Crippen LogP contribution in [0.5, 0.6) is 5.75 Å². The molecule has 5 nitrogen and oxygen atoms in total. The fourth-order valence-electron chi connectivity index (χ4n) is 2.04. The first-order valence-corrected chi connectivity index (χ1v) is 9.86. The molecule has 126 valence electrons. The second-order valence-corrected chi connectivity index (χ2v) is 8.08. The summed E-state index contributed by atoms with van der Waals surface area (Å²) in [7, 11) is -1.29. The normalized spacial score (nSPS) is 11.7. The third kappa shape index (κ3) is 5.00. The van der Waals surface area contributed by atoms with Gasteiger partial charge >= 0.3 is 0 Å². The predicted molar refractivity (Wildman–Crippen MR) is 95.4 cm³/mol. The molecule has 2 aromatic rings. The smallest absolute Gasteiger partial charge is 0.255 e. The van der Waals surface area contributed by atoms with Gasteiger partial charge in [0.25, 0.3) is 5.91 Å². The topological polar surface area (TPSA) is 64.6 Å². The number of rotatable bonds is 6. The van der Waals surface area contributed by atoms with E-state index in [0.717, 1.165) is 0 Å². The Labute approximate surface area is 141 Å². The third-order valence-electron chi connectivity index (χ3n) is 3.06. The van der Waals surface area contributed by atoms with Gasteiger partial charge in [-0.3, -0.25) is 9.36 Å². The largest absolute Gasteiger partial charge is 0.496 e. The van der Waals surface area contributed by atoms with E-state index in [9.17, 15) is 9.36 Å². The summed E-state index contributed by atoms with van der Waals surface area (Å²) in [5.74, 6) is 0.560. The lowest BCUT2D eigenvalue weighted by molar-refractivity contribution is 0.0969. The van der Waals surface area contributed by atoms with Crippen molar-refractivity contribution in [2.45, 2.75) is 0 Å². The lowest BCUT2D eigenvalue weighted by Gasteiger charge is -2.16. The minimum Gasteiger partial charge on any atom is -0.496 e. The van der Waals surface area contributed by atoms with Crippen LogP contribution in [0.15, 0.2) is 60.8 Å². The van der Waals surface area contributed by atoms with Crippen LogP contribution in [-0.2, 0) is 9.09 Å². The lowest BCUT2D eigenvalue weighted by Crippen LogP contribution is -2.17. The first kappa shape index (κ1) is 17.8. The molecule has 0 fully saturated rings. The number of carbonyl (C=O) groups is 1. The van der Waals surface area contributed by atoms with Crippen molar-refractivity contribution in [1.29, 1.82) is 0 Å². The number of carbonyl (C=O) groups excluding carboxylic acids is 1. The van der Waals surface area contributed by atoms with Crippen molar-refractivity contribution in [2.24, 2.45) is 0 Å². The molecule has 2 rings (SSSR count). The van der Waals surface area contributed by atoms with Crippen molar-refractivity contribution >= 4 is 19.0 Å². The number of amides is 1. The van der Waals surface area contributed by atoms with E-state index in [0.29, 0.717) is 16.9 Å². The predicted octanol–water partition coefficient (Wildman–Crippen LogP) is 3.98. The minimum atomic E-state index is -2.82. The Morgan fingerprint density at radius 1 is 1.04 bits per heavy atom. The Morgan fingerprint density at radius 2 is 1.67 bits per heavy atom. The summed E-state index contributed by atoms with van der Waals surface area (Å²) in [5.41, 5.74) is 1.13. The highest BCUT2D eigenvalue weighted by Crippen LogP contribution is 2.44. The van der Waals surface area contributed by atoms with E-state index in [4.69, 9.17) is 9.26 Å². The second kappa shape index (κ2) is 7.84. The van der Waals surface area contributed by atoms with Gasteiger partial charge in [-0.2, -0.15) is 0 Å². The molecule has 0 aliphatic rings. The number of ether oxygens (including phenoxy) is 1. The van der Waals surface area contributed by atoms with E-state index in [2.05, 4.69) is 5.32 Å². The van der Waals surface area contributed by atoms with Gasteiger partial charge in [-0.05, 0) is 24.3 Å². The quantitative estimate of drug-likeness (QED) is 0.635. The lowest BCUT2D eigenvalue weighted by atomic mass is 10.1. The molecule has 2 aromatic carbocycles. The molecule has 0 heterocycles. The highest BCUT2D eigenvalue weighted by Gasteiger charge is 2.17. The maximum absolute atomic E-state index is 12.2. The van der Waals surface area contributed by atoms with Crippen molar-refractivity contribution in [1.82, 2.24) is 5.32 Å². The maximum Gasteiger partial charge on any atom is 0.255 e. The Bertz CT molecular complexity index is 781. The molecule has 0 spiro atoms. The van der Waals surface area contributed by atoms with Crippen LogP contribution in [0.25, 0.3) is 5.76 Å². The molecule has 0 radical (unpaired) electrons. The maximum atomic E-state index is 12.2.